The molecule has 0 saturated carbocycles. The van der Waals surface area contributed by atoms with E-state index in [4.69, 9.17) is 15.0 Å². The Morgan fingerprint density at radius 2 is 0.887 bits per heavy atom. The van der Waals surface area contributed by atoms with Crippen LogP contribution in [0.2, 0.25) is 0 Å². The molecule has 0 amide bonds. The molecule has 2 heterocycles. The standard InChI is InChI=1S/C49H29N3Se/c1-2-12-32(13-3-1)47-50-48(41-19-10-18-40-39-17-8-9-20-45(39)53-46(40)41)52-49(51-47)44-28-34-15-5-4-14-33(34)27-43(44)35-22-21-31-24-25-37-36-16-7-6-11-30(36)23-26-38(37)42(31)29-35/h1-29H. The molecule has 0 radical (unpaired) electrons. The Balaban J connectivity index is 1.18. The molecule has 0 spiro atoms. The van der Waals surface area contributed by atoms with Crippen molar-refractivity contribution in [3.05, 3.63) is 176 Å². The van der Waals surface area contributed by atoms with E-state index < -0.39 is 0 Å². The van der Waals surface area contributed by atoms with E-state index in [1.54, 1.807) is 0 Å². The topological polar surface area (TPSA) is 38.7 Å². The van der Waals surface area contributed by atoms with Crippen molar-refractivity contribution < 1.29 is 0 Å². The van der Waals surface area contributed by atoms with E-state index in [0.717, 1.165) is 33.2 Å². The Hall–Kier alpha value is -6.45. The van der Waals surface area contributed by atoms with Crippen LogP contribution in [0.4, 0.5) is 0 Å². The summed E-state index contributed by atoms with van der Waals surface area (Å²) in [5.74, 6) is 2.04. The van der Waals surface area contributed by atoms with E-state index in [1.165, 1.54) is 57.0 Å². The Kier molecular flexibility index (Phi) is 6.88. The van der Waals surface area contributed by atoms with Crippen LogP contribution in [-0.2, 0) is 0 Å². The van der Waals surface area contributed by atoms with Crippen LogP contribution in [0.1, 0.15) is 0 Å². The summed E-state index contributed by atoms with van der Waals surface area (Å²) in [7, 11) is 0. The molecule has 3 nitrogen and oxygen atoms in total. The summed E-state index contributed by atoms with van der Waals surface area (Å²) in [5, 5.41) is 12.4. The minimum atomic E-state index is 0.148. The van der Waals surface area contributed by atoms with Gasteiger partial charge in [0.25, 0.3) is 0 Å². The Labute approximate surface area is 311 Å². The van der Waals surface area contributed by atoms with Crippen LogP contribution in [-0.4, -0.2) is 29.5 Å². The van der Waals surface area contributed by atoms with Gasteiger partial charge in [0.05, 0.1) is 0 Å². The third kappa shape index (κ3) is 4.99. The molecule has 11 rings (SSSR count). The summed E-state index contributed by atoms with van der Waals surface area (Å²) >= 11 is 0.148. The molecule has 246 valence electrons. The predicted octanol–water partition coefficient (Wildman–Crippen LogP) is 12.5. The second-order valence-corrected chi connectivity index (χ2v) is 15.8. The Bertz CT molecular complexity index is 3240. The molecule has 0 N–H and O–H groups in total. The van der Waals surface area contributed by atoms with E-state index in [1.807, 2.05) is 18.2 Å². The summed E-state index contributed by atoms with van der Waals surface area (Å²) in [6.45, 7) is 0. The molecule has 0 aliphatic heterocycles. The number of hydrogen-bond acceptors (Lipinski definition) is 3. The molecule has 0 aliphatic carbocycles. The van der Waals surface area contributed by atoms with Gasteiger partial charge in [0.2, 0.25) is 0 Å². The maximum atomic E-state index is 5.37. The fourth-order valence-corrected chi connectivity index (χ4v) is 10.4. The first-order valence-corrected chi connectivity index (χ1v) is 19.6. The SMILES string of the molecule is c1ccc(-c2nc(-c3cc4ccccc4cc3-c3ccc4ccc5c6ccccc6ccc5c4c3)nc(-c3cccc4c3[se]c3ccccc34)n2)cc1. The maximum absolute atomic E-state index is 5.37. The van der Waals surface area contributed by atoms with Gasteiger partial charge >= 0.3 is 266 Å². The summed E-state index contributed by atoms with van der Waals surface area (Å²) in [5.41, 5.74) is 5.24. The zero-order valence-corrected chi connectivity index (χ0v) is 30.2. The second-order valence-electron chi connectivity index (χ2n) is 13.6. The van der Waals surface area contributed by atoms with Crippen molar-refractivity contribution in [3.63, 3.8) is 0 Å². The zero-order chi connectivity index (χ0) is 34.9. The molecule has 0 atom stereocenters. The molecule has 4 heteroatoms. The molecule has 0 saturated heterocycles. The third-order valence-corrected chi connectivity index (χ3v) is 13.1. The molecule has 0 bridgehead atoms. The first-order valence-electron chi connectivity index (χ1n) is 17.9. The minimum absolute atomic E-state index is 0.148. The summed E-state index contributed by atoms with van der Waals surface area (Å²) < 4.78 is 2.72. The number of nitrogens with zero attached hydrogens (tertiary/aromatic N) is 3. The van der Waals surface area contributed by atoms with Gasteiger partial charge in [0.15, 0.2) is 0 Å². The number of benzene rings is 9. The van der Waals surface area contributed by atoms with Gasteiger partial charge in [-0.25, -0.2) is 0 Å². The Morgan fingerprint density at radius 3 is 1.70 bits per heavy atom. The summed E-state index contributed by atoms with van der Waals surface area (Å²) in [4.78, 5) is 15.8. The molecular formula is C49H29N3Se. The van der Waals surface area contributed by atoms with Crippen LogP contribution in [0.25, 0.3) is 108 Å². The van der Waals surface area contributed by atoms with Gasteiger partial charge in [-0.15, -0.1) is 0 Å². The van der Waals surface area contributed by atoms with Gasteiger partial charge in [-0.1, -0.05) is 36.4 Å². The predicted molar refractivity (Wildman–Crippen MR) is 224 cm³/mol. The molecule has 53 heavy (non-hydrogen) atoms. The van der Waals surface area contributed by atoms with Crippen molar-refractivity contribution in [2.24, 2.45) is 0 Å². The van der Waals surface area contributed by atoms with Crippen LogP contribution >= 0.6 is 0 Å². The average molecular weight is 739 g/mol. The molecule has 9 aromatic carbocycles. The number of hydrogen-bond donors (Lipinski definition) is 0. The second kappa shape index (κ2) is 12.1. The Morgan fingerprint density at radius 1 is 0.302 bits per heavy atom. The van der Waals surface area contributed by atoms with Crippen molar-refractivity contribution >= 4 is 76.9 Å². The van der Waals surface area contributed by atoms with Crippen molar-refractivity contribution in [1.82, 2.24) is 15.0 Å². The van der Waals surface area contributed by atoms with Crippen molar-refractivity contribution in [2.75, 3.05) is 0 Å². The first-order chi connectivity index (χ1) is 26.2. The first kappa shape index (κ1) is 30.2. The van der Waals surface area contributed by atoms with Crippen molar-refractivity contribution in [2.45, 2.75) is 0 Å². The summed E-state index contributed by atoms with van der Waals surface area (Å²) in [6.07, 6.45) is 0. The van der Waals surface area contributed by atoms with Crippen LogP contribution in [0.3, 0.4) is 0 Å². The zero-order valence-electron chi connectivity index (χ0n) is 28.5. The monoisotopic (exact) mass is 739 g/mol. The van der Waals surface area contributed by atoms with Crippen LogP contribution in [0, 0.1) is 0 Å². The van der Waals surface area contributed by atoms with Crippen LogP contribution in [0.15, 0.2) is 176 Å². The fourth-order valence-electron chi connectivity index (χ4n) is 7.91. The van der Waals surface area contributed by atoms with E-state index in [-0.39, 0.29) is 14.5 Å². The fraction of sp³-hybridized carbons (Fsp3) is 0. The molecule has 0 unspecified atom stereocenters. The van der Waals surface area contributed by atoms with Crippen LogP contribution in [0.5, 0.6) is 0 Å². The average Bonchev–Trinajstić information content (AvgIpc) is 3.62. The third-order valence-electron chi connectivity index (χ3n) is 10.5. The number of aromatic nitrogens is 3. The van der Waals surface area contributed by atoms with Gasteiger partial charge in [-0.3, -0.25) is 0 Å². The molecule has 0 fully saturated rings. The quantitative estimate of drug-likeness (QED) is 0.133. The van der Waals surface area contributed by atoms with E-state index in [0.29, 0.717) is 17.5 Å². The van der Waals surface area contributed by atoms with E-state index in [2.05, 4.69) is 158 Å². The van der Waals surface area contributed by atoms with Gasteiger partial charge in [-0.2, -0.15) is 0 Å². The molecule has 0 aliphatic rings. The van der Waals surface area contributed by atoms with Gasteiger partial charge in [-0.05, 0) is 10.8 Å². The van der Waals surface area contributed by atoms with E-state index >= 15 is 0 Å². The summed E-state index contributed by atoms with van der Waals surface area (Å²) in [6, 6.07) is 63.2. The molecule has 11 aromatic rings. The molecule has 2 aromatic heterocycles. The van der Waals surface area contributed by atoms with Crippen molar-refractivity contribution in [1.29, 1.82) is 0 Å². The van der Waals surface area contributed by atoms with Gasteiger partial charge in [0, 0.05) is 0 Å². The van der Waals surface area contributed by atoms with E-state index in [9.17, 15) is 0 Å². The number of rotatable bonds is 4. The van der Waals surface area contributed by atoms with Gasteiger partial charge in [0.1, 0.15) is 0 Å². The van der Waals surface area contributed by atoms with Crippen molar-refractivity contribution in [3.8, 4) is 45.3 Å². The number of fused-ring (bicyclic) bond motifs is 9. The van der Waals surface area contributed by atoms with Crippen LogP contribution < -0.4 is 0 Å². The normalized spacial score (nSPS) is 11.8. The molecular weight excluding hydrogens is 710 g/mol. The van der Waals surface area contributed by atoms with Gasteiger partial charge < -0.3 is 0 Å².